The van der Waals surface area contributed by atoms with E-state index >= 15 is 0 Å². The maximum atomic E-state index is 6.14. The van der Waals surface area contributed by atoms with Crippen LogP contribution < -0.4 is 5.73 Å². The first-order valence-electron chi connectivity index (χ1n) is 7.49. The molecule has 1 aromatic rings. The molecule has 19 heavy (non-hydrogen) atoms. The molecule has 2 heteroatoms. The number of piperidine rings is 1. The topological polar surface area (TPSA) is 29.3 Å². The van der Waals surface area contributed by atoms with Crippen LogP contribution in [0.5, 0.6) is 0 Å². The highest BCUT2D eigenvalue weighted by atomic mass is 15.1. The molecule has 2 unspecified atom stereocenters. The molecule has 1 aliphatic rings. The fourth-order valence-corrected chi connectivity index (χ4v) is 3.86. The van der Waals surface area contributed by atoms with Gasteiger partial charge in [0.1, 0.15) is 0 Å². The van der Waals surface area contributed by atoms with Crippen LogP contribution in [0.15, 0.2) is 12.1 Å². The van der Waals surface area contributed by atoms with Gasteiger partial charge in [0.15, 0.2) is 0 Å². The second-order valence-corrected chi connectivity index (χ2v) is 6.32. The van der Waals surface area contributed by atoms with E-state index in [9.17, 15) is 0 Å². The van der Waals surface area contributed by atoms with Crippen LogP contribution in [0.25, 0.3) is 0 Å². The highest BCUT2D eigenvalue weighted by molar-refractivity contribution is 5.40. The van der Waals surface area contributed by atoms with Crippen molar-refractivity contribution in [3.8, 4) is 0 Å². The summed E-state index contributed by atoms with van der Waals surface area (Å²) >= 11 is 0. The highest BCUT2D eigenvalue weighted by Gasteiger charge is 2.28. The number of nitrogens with two attached hydrogens (primary N) is 1. The summed E-state index contributed by atoms with van der Waals surface area (Å²) in [4.78, 5) is 2.45. The molecule has 2 nitrogen and oxygen atoms in total. The van der Waals surface area contributed by atoms with Crippen molar-refractivity contribution in [3.05, 3.63) is 34.4 Å². The average Bonchev–Trinajstić information content (AvgIpc) is 2.33. The lowest BCUT2D eigenvalue weighted by molar-refractivity contribution is 0.188. The third-order valence-electron chi connectivity index (χ3n) is 4.59. The minimum absolute atomic E-state index is 0.517. The Morgan fingerprint density at radius 3 is 2.42 bits per heavy atom. The van der Waals surface area contributed by atoms with Gasteiger partial charge in [-0.05, 0) is 76.4 Å². The van der Waals surface area contributed by atoms with Gasteiger partial charge in [-0.25, -0.2) is 0 Å². The normalized spacial score (nSPS) is 22.5. The number of rotatable bonds is 3. The van der Waals surface area contributed by atoms with Gasteiger partial charge in [-0.1, -0.05) is 17.7 Å². The number of aryl methyl sites for hydroxylation is 3. The Labute approximate surface area is 118 Å². The Kier molecular flexibility index (Phi) is 4.64. The van der Waals surface area contributed by atoms with Gasteiger partial charge in [-0.2, -0.15) is 0 Å². The van der Waals surface area contributed by atoms with Gasteiger partial charge in [-0.3, -0.25) is 0 Å². The van der Waals surface area contributed by atoms with Crippen molar-refractivity contribution in [3.63, 3.8) is 0 Å². The third kappa shape index (κ3) is 3.18. The lowest BCUT2D eigenvalue weighted by Crippen LogP contribution is -2.37. The summed E-state index contributed by atoms with van der Waals surface area (Å²) in [6.07, 6.45) is 2.63. The smallest absolute Gasteiger partial charge is 0.00129 e. The SMILES string of the molecule is Cc1cc(C)c(C(CN)C2CCCN(C)C2)c(C)c1. The number of hydrogen-bond donors (Lipinski definition) is 1. The van der Waals surface area contributed by atoms with Gasteiger partial charge in [0.2, 0.25) is 0 Å². The minimum Gasteiger partial charge on any atom is -0.330 e. The fourth-order valence-electron chi connectivity index (χ4n) is 3.86. The van der Waals surface area contributed by atoms with Crippen molar-refractivity contribution in [2.24, 2.45) is 11.7 Å². The maximum Gasteiger partial charge on any atom is 0.00129 e. The zero-order valence-electron chi connectivity index (χ0n) is 12.9. The molecule has 0 aromatic heterocycles. The summed E-state index contributed by atoms with van der Waals surface area (Å²) in [7, 11) is 2.23. The molecular formula is C17H28N2. The van der Waals surface area contributed by atoms with Crippen molar-refractivity contribution in [1.29, 1.82) is 0 Å². The number of hydrogen-bond acceptors (Lipinski definition) is 2. The largest absolute Gasteiger partial charge is 0.330 e. The molecule has 2 rings (SSSR count). The van der Waals surface area contributed by atoms with Crippen LogP contribution in [-0.4, -0.2) is 31.6 Å². The van der Waals surface area contributed by atoms with E-state index in [-0.39, 0.29) is 0 Å². The van der Waals surface area contributed by atoms with Gasteiger partial charge in [-0.15, -0.1) is 0 Å². The van der Waals surface area contributed by atoms with Crippen LogP contribution >= 0.6 is 0 Å². The average molecular weight is 260 g/mol. The first kappa shape index (κ1) is 14.5. The van der Waals surface area contributed by atoms with E-state index in [4.69, 9.17) is 5.73 Å². The molecule has 1 saturated heterocycles. The van der Waals surface area contributed by atoms with E-state index in [0.717, 1.165) is 6.54 Å². The molecule has 0 radical (unpaired) electrons. The zero-order chi connectivity index (χ0) is 14.0. The van der Waals surface area contributed by atoms with E-state index in [1.165, 1.54) is 48.2 Å². The number of benzene rings is 1. The first-order valence-corrected chi connectivity index (χ1v) is 7.49. The van der Waals surface area contributed by atoms with E-state index in [2.05, 4.69) is 44.9 Å². The van der Waals surface area contributed by atoms with E-state index in [0.29, 0.717) is 11.8 Å². The zero-order valence-corrected chi connectivity index (χ0v) is 12.9. The molecule has 1 heterocycles. The third-order valence-corrected chi connectivity index (χ3v) is 4.59. The lowest BCUT2D eigenvalue weighted by Gasteiger charge is -2.36. The van der Waals surface area contributed by atoms with Crippen LogP contribution in [-0.2, 0) is 0 Å². The molecule has 0 spiro atoms. The standard InChI is InChI=1S/C17H28N2/c1-12-8-13(2)17(14(3)9-12)16(10-18)15-6-5-7-19(4)11-15/h8-9,15-16H,5-7,10-11,18H2,1-4H3. The predicted molar refractivity (Wildman–Crippen MR) is 82.7 cm³/mol. The van der Waals surface area contributed by atoms with Crippen LogP contribution in [0.3, 0.4) is 0 Å². The molecule has 106 valence electrons. The Bertz CT molecular complexity index is 416. The molecule has 1 aromatic carbocycles. The summed E-state index contributed by atoms with van der Waals surface area (Å²) in [5.74, 6) is 1.23. The minimum atomic E-state index is 0.517. The Morgan fingerprint density at radius 1 is 1.26 bits per heavy atom. The van der Waals surface area contributed by atoms with Gasteiger partial charge in [0, 0.05) is 12.5 Å². The second-order valence-electron chi connectivity index (χ2n) is 6.32. The molecule has 2 atom stereocenters. The maximum absolute atomic E-state index is 6.14. The molecule has 0 saturated carbocycles. The van der Waals surface area contributed by atoms with Gasteiger partial charge >= 0.3 is 0 Å². The summed E-state index contributed by atoms with van der Waals surface area (Å²) in [6.45, 7) is 9.85. The monoisotopic (exact) mass is 260 g/mol. The van der Waals surface area contributed by atoms with Crippen LogP contribution in [0, 0.1) is 26.7 Å². The fraction of sp³-hybridized carbons (Fsp3) is 0.647. The highest BCUT2D eigenvalue weighted by Crippen LogP contribution is 2.34. The van der Waals surface area contributed by atoms with Crippen molar-refractivity contribution in [2.45, 2.75) is 39.5 Å². The molecule has 0 aliphatic carbocycles. The quantitative estimate of drug-likeness (QED) is 0.905. The van der Waals surface area contributed by atoms with Crippen LogP contribution in [0.1, 0.15) is 41.0 Å². The lowest BCUT2D eigenvalue weighted by atomic mass is 9.77. The first-order chi connectivity index (χ1) is 9.02. The summed E-state index contributed by atoms with van der Waals surface area (Å²) < 4.78 is 0. The molecular weight excluding hydrogens is 232 g/mol. The van der Waals surface area contributed by atoms with Gasteiger partial charge in [0.25, 0.3) is 0 Å². The van der Waals surface area contributed by atoms with E-state index < -0.39 is 0 Å². The predicted octanol–water partition coefficient (Wildman–Crippen LogP) is 3.00. The van der Waals surface area contributed by atoms with Crippen molar-refractivity contribution < 1.29 is 0 Å². The Morgan fingerprint density at radius 2 is 1.89 bits per heavy atom. The van der Waals surface area contributed by atoms with Gasteiger partial charge < -0.3 is 10.6 Å². The van der Waals surface area contributed by atoms with Gasteiger partial charge in [0.05, 0.1) is 0 Å². The van der Waals surface area contributed by atoms with Crippen molar-refractivity contribution >= 4 is 0 Å². The molecule has 2 N–H and O–H groups in total. The number of likely N-dealkylation sites (tertiary alicyclic amines) is 1. The van der Waals surface area contributed by atoms with Crippen LogP contribution in [0.2, 0.25) is 0 Å². The number of nitrogens with zero attached hydrogens (tertiary/aromatic N) is 1. The summed E-state index contributed by atoms with van der Waals surface area (Å²) in [5, 5.41) is 0. The van der Waals surface area contributed by atoms with E-state index in [1.54, 1.807) is 0 Å². The summed E-state index contributed by atoms with van der Waals surface area (Å²) in [6, 6.07) is 4.61. The second kappa shape index (κ2) is 6.06. The summed E-state index contributed by atoms with van der Waals surface area (Å²) in [5.41, 5.74) is 11.8. The molecule has 1 fully saturated rings. The molecule has 0 bridgehead atoms. The Hall–Kier alpha value is -0.860. The van der Waals surface area contributed by atoms with Crippen LogP contribution in [0.4, 0.5) is 0 Å². The Balaban J connectivity index is 2.31. The molecule has 1 aliphatic heterocycles. The van der Waals surface area contributed by atoms with Crippen molar-refractivity contribution in [1.82, 2.24) is 4.90 Å². The van der Waals surface area contributed by atoms with Crippen molar-refractivity contribution in [2.75, 3.05) is 26.7 Å². The molecule has 0 amide bonds. The van der Waals surface area contributed by atoms with E-state index in [1.807, 2.05) is 0 Å².